The Morgan fingerprint density at radius 2 is 1.89 bits per heavy atom. The molecular weight excluding hydrogens is 228 g/mol. The van der Waals surface area contributed by atoms with Gasteiger partial charge in [0.2, 0.25) is 0 Å². The second-order valence-corrected chi connectivity index (χ2v) is 5.14. The van der Waals surface area contributed by atoms with E-state index < -0.39 is 0 Å². The minimum atomic E-state index is 0.232. The van der Waals surface area contributed by atoms with Gasteiger partial charge in [0.15, 0.2) is 17.3 Å². The fourth-order valence-corrected chi connectivity index (χ4v) is 2.41. The second-order valence-electron chi connectivity index (χ2n) is 5.14. The molecule has 96 valence electrons. The number of ketones is 1. The van der Waals surface area contributed by atoms with Gasteiger partial charge in [-0.1, -0.05) is 19.3 Å². The Bertz CT molecular complexity index is 449. The van der Waals surface area contributed by atoms with Gasteiger partial charge in [0.1, 0.15) is 0 Å². The molecule has 1 fully saturated rings. The average Bonchev–Trinajstić information content (AvgIpc) is 2.57. The summed E-state index contributed by atoms with van der Waals surface area (Å²) in [4.78, 5) is 12.1. The van der Waals surface area contributed by atoms with Crippen LogP contribution >= 0.6 is 0 Å². The number of carbonyl (C=O) groups excluding carboxylic acids is 1. The van der Waals surface area contributed by atoms with E-state index in [2.05, 4.69) is 0 Å². The van der Waals surface area contributed by atoms with Crippen molar-refractivity contribution >= 4 is 5.78 Å². The van der Waals surface area contributed by atoms with Gasteiger partial charge in [-0.15, -0.1) is 0 Å². The summed E-state index contributed by atoms with van der Waals surface area (Å²) in [5, 5.41) is 0. The highest BCUT2D eigenvalue weighted by atomic mass is 16.5. The summed E-state index contributed by atoms with van der Waals surface area (Å²) < 4.78 is 11.2. The summed E-state index contributed by atoms with van der Waals surface area (Å²) in [5.41, 5.74) is 0.756. The molecule has 1 saturated carbocycles. The zero-order chi connectivity index (χ0) is 12.4. The largest absolute Gasteiger partial charge is 0.490 e. The van der Waals surface area contributed by atoms with Crippen molar-refractivity contribution in [3.05, 3.63) is 23.8 Å². The molecule has 1 aromatic carbocycles. The van der Waals surface area contributed by atoms with Gasteiger partial charge in [0.25, 0.3) is 0 Å². The molecular formula is C15H18O3. The maximum atomic E-state index is 12.1. The lowest BCUT2D eigenvalue weighted by atomic mass is 9.81. The highest BCUT2D eigenvalue weighted by Crippen LogP contribution is 2.33. The Morgan fingerprint density at radius 3 is 2.61 bits per heavy atom. The molecule has 1 aromatic rings. The van der Waals surface area contributed by atoms with Crippen LogP contribution in [-0.4, -0.2) is 19.0 Å². The maximum Gasteiger partial charge on any atom is 0.163 e. The third-order valence-corrected chi connectivity index (χ3v) is 3.77. The number of benzene rings is 1. The molecule has 0 unspecified atom stereocenters. The van der Waals surface area contributed by atoms with Crippen molar-refractivity contribution in [1.29, 1.82) is 0 Å². The highest BCUT2D eigenvalue weighted by Gasteiger charge is 2.22. The molecule has 1 heterocycles. The Balaban J connectivity index is 1.75. The van der Waals surface area contributed by atoms with Crippen molar-refractivity contribution in [3.8, 4) is 11.5 Å². The van der Waals surface area contributed by atoms with E-state index in [0.717, 1.165) is 17.7 Å². The van der Waals surface area contributed by atoms with E-state index in [1.54, 1.807) is 0 Å². The van der Waals surface area contributed by atoms with Crippen molar-refractivity contribution in [2.75, 3.05) is 13.2 Å². The Morgan fingerprint density at radius 1 is 1.11 bits per heavy atom. The number of rotatable bonds is 3. The van der Waals surface area contributed by atoms with Crippen LogP contribution in [0.3, 0.4) is 0 Å². The average molecular weight is 246 g/mol. The molecule has 0 saturated heterocycles. The Labute approximate surface area is 107 Å². The third kappa shape index (κ3) is 2.35. The number of carbonyl (C=O) groups is 1. The van der Waals surface area contributed by atoms with E-state index >= 15 is 0 Å². The van der Waals surface area contributed by atoms with E-state index in [1.807, 2.05) is 18.2 Å². The van der Waals surface area contributed by atoms with Crippen LogP contribution in [0.15, 0.2) is 18.2 Å². The van der Waals surface area contributed by atoms with E-state index in [4.69, 9.17) is 9.47 Å². The minimum Gasteiger partial charge on any atom is -0.490 e. The summed E-state index contributed by atoms with van der Waals surface area (Å²) in [6.45, 7) is 1.34. The van der Waals surface area contributed by atoms with Crippen LogP contribution in [0.25, 0.3) is 0 Å². The van der Waals surface area contributed by atoms with Crippen LogP contribution in [-0.2, 0) is 0 Å². The van der Waals surface area contributed by atoms with Gasteiger partial charge >= 0.3 is 0 Å². The predicted octanol–water partition coefficient (Wildman–Crippen LogP) is 3.22. The molecule has 1 aliphatic carbocycles. The lowest BCUT2D eigenvalue weighted by molar-refractivity contribution is 0.0936. The van der Waals surface area contributed by atoms with Gasteiger partial charge < -0.3 is 9.47 Å². The van der Waals surface area contributed by atoms with Crippen molar-refractivity contribution in [2.24, 2.45) is 5.92 Å². The van der Waals surface area contributed by atoms with Crippen molar-refractivity contribution in [1.82, 2.24) is 0 Å². The second kappa shape index (κ2) is 5.01. The first-order valence-electron chi connectivity index (χ1n) is 6.76. The van der Waals surface area contributed by atoms with Crippen LogP contribution < -0.4 is 9.47 Å². The zero-order valence-electron chi connectivity index (χ0n) is 10.5. The Hall–Kier alpha value is -1.51. The fraction of sp³-hybridized carbons (Fsp3) is 0.533. The number of fused-ring (bicyclic) bond motifs is 1. The lowest BCUT2D eigenvalue weighted by Gasteiger charge is -2.24. The van der Waals surface area contributed by atoms with Crippen LogP contribution in [0.4, 0.5) is 0 Å². The van der Waals surface area contributed by atoms with Gasteiger partial charge in [0.05, 0.1) is 13.2 Å². The molecule has 0 aromatic heterocycles. The molecule has 2 aliphatic rings. The molecule has 0 radical (unpaired) electrons. The van der Waals surface area contributed by atoms with Crippen molar-refractivity contribution in [2.45, 2.75) is 32.1 Å². The molecule has 0 amide bonds. The first-order chi connectivity index (χ1) is 8.83. The first-order valence-corrected chi connectivity index (χ1v) is 6.76. The number of hydrogen-bond acceptors (Lipinski definition) is 3. The van der Waals surface area contributed by atoms with Gasteiger partial charge in [-0.25, -0.2) is 0 Å². The van der Waals surface area contributed by atoms with E-state index in [9.17, 15) is 4.79 Å². The molecule has 1 aliphatic heterocycles. The van der Waals surface area contributed by atoms with Crippen LogP contribution in [0.5, 0.6) is 11.5 Å². The Kier molecular flexibility index (Phi) is 3.22. The molecule has 0 N–H and O–H groups in total. The molecule has 0 bridgehead atoms. The summed E-state index contributed by atoms with van der Waals surface area (Å²) in [6.07, 6.45) is 5.26. The van der Waals surface area contributed by atoms with Gasteiger partial charge in [-0.3, -0.25) is 4.79 Å². The maximum absolute atomic E-state index is 12.1. The highest BCUT2D eigenvalue weighted by molar-refractivity contribution is 5.96. The van der Waals surface area contributed by atoms with Crippen LogP contribution in [0.2, 0.25) is 0 Å². The van der Waals surface area contributed by atoms with Crippen molar-refractivity contribution < 1.29 is 14.3 Å². The summed E-state index contributed by atoms with van der Waals surface area (Å²) >= 11 is 0. The summed E-state index contributed by atoms with van der Waals surface area (Å²) in [7, 11) is 0. The SMILES string of the molecule is O=C(CC1CCC1)c1ccc2c(c1)OCCCO2. The van der Waals surface area contributed by atoms with E-state index in [-0.39, 0.29) is 5.78 Å². The third-order valence-electron chi connectivity index (χ3n) is 3.77. The van der Waals surface area contributed by atoms with Gasteiger partial charge in [0, 0.05) is 18.4 Å². The van der Waals surface area contributed by atoms with E-state index in [1.165, 1.54) is 19.3 Å². The number of Topliss-reactive ketones (excluding diaryl/α,β-unsaturated/α-hetero) is 1. The van der Waals surface area contributed by atoms with Crippen LogP contribution in [0.1, 0.15) is 42.5 Å². The normalized spacial score (nSPS) is 18.9. The zero-order valence-corrected chi connectivity index (χ0v) is 10.5. The molecule has 3 nitrogen and oxygen atoms in total. The lowest BCUT2D eigenvalue weighted by Crippen LogP contribution is -2.16. The smallest absolute Gasteiger partial charge is 0.163 e. The van der Waals surface area contributed by atoms with Gasteiger partial charge in [-0.2, -0.15) is 0 Å². The standard InChI is InChI=1S/C15H18O3/c16-13(9-11-3-1-4-11)12-5-6-14-15(10-12)18-8-2-7-17-14/h5-6,10-11H,1-4,7-9H2. The fourth-order valence-electron chi connectivity index (χ4n) is 2.41. The summed E-state index contributed by atoms with van der Waals surface area (Å²) in [5.74, 6) is 2.31. The molecule has 3 heteroatoms. The van der Waals surface area contributed by atoms with E-state index in [0.29, 0.717) is 31.3 Å². The summed E-state index contributed by atoms with van der Waals surface area (Å²) in [6, 6.07) is 5.55. The molecule has 3 rings (SSSR count). The minimum absolute atomic E-state index is 0.232. The quantitative estimate of drug-likeness (QED) is 0.768. The molecule has 0 atom stereocenters. The predicted molar refractivity (Wildman–Crippen MR) is 68.3 cm³/mol. The molecule has 18 heavy (non-hydrogen) atoms. The first kappa shape index (κ1) is 11.6. The van der Waals surface area contributed by atoms with Crippen molar-refractivity contribution in [3.63, 3.8) is 0 Å². The molecule has 0 spiro atoms. The number of ether oxygens (including phenoxy) is 2. The number of hydrogen-bond donors (Lipinski definition) is 0. The van der Waals surface area contributed by atoms with Gasteiger partial charge in [-0.05, 0) is 24.1 Å². The monoisotopic (exact) mass is 246 g/mol. The van der Waals surface area contributed by atoms with Crippen LogP contribution in [0, 0.1) is 5.92 Å². The topological polar surface area (TPSA) is 35.5 Å².